The lowest BCUT2D eigenvalue weighted by Gasteiger charge is -2.05. The Balaban J connectivity index is 2.83. The topological polar surface area (TPSA) is 41.8 Å². The second-order valence-corrected chi connectivity index (χ2v) is 3.26. The molecule has 1 aromatic rings. The van der Waals surface area contributed by atoms with Crippen LogP contribution in [0.25, 0.3) is 0 Å². The number of aryl methyl sites for hydroxylation is 2. The van der Waals surface area contributed by atoms with Crippen molar-refractivity contribution >= 4 is 0 Å². The van der Waals surface area contributed by atoms with Gasteiger partial charge >= 0.3 is 0 Å². The van der Waals surface area contributed by atoms with Crippen LogP contribution in [0.5, 0.6) is 0 Å². The van der Waals surface area contributed by atoms with Crippen LogP contribution >= 0.6 is 0 Å². The summed E-state index contributed by atoms with van der Waals surface area (Å²) in [5, 5.41) is 0. The number of nitrogens with two attached hydrogens (primary N) is 1. The van der Waals surface area contributed by atoms with Crippen LogP contribution in [0, 0.1) is 13.8 Å². The number of rotatable bonds is 2. The molecule has 0 amide bonds. The van der Waals surface area contributed by atoms with Gasteiger partial charge in [0.1, 0.15) is 0 Å². The van der Waals surface area contributed by atoms with Crippen molar-refractivity contribution in [2.75, 3.05) is 0 Å². The number of nitrogens with one attached hydrogen (secondary N) is 1. The zero-order valence-corrected chi connectivity index (χ0v) is 7.44. The van der Waals surface area contributed by atoms with E-state index in [-0.39, 0.29) is 6.04 Å². The van der Waals surface area contributed by atoms with Crippen LogP contribution < -0.4 is 5.73 Å². The van der Waals surface area contributed by atoms with Gasteiger partial charge in [0.05, 0.1) is 0 Å². The lowest BCUT2D eigenvalue weighted by molar-refractivity contribution is 0.732. The molecular weight excluding hydrogens is 136 g/mol. The minimum absolute atomic E-state index is 0.253. The van der Waals surface area contributed by atoms with Gasteiger partial charge in [-0.05, 0) is 38.3 Å². The molecule has 2 nitrogen and oxygen atoms in total. The van der Waals surface area contributed by atoms with Crippen LogP contribution in [-0.2, 0) is 6.42 Å². The Morgan fingerprint density at radius 2 is 2.18 bits per heavy atom. The van der Waals surface area contributed by atoms with Gasteiger partial charge in [0.2, 0.25) is 0 Å². The zero-order valence-electron chi connectivity index (χ0n) is 7.44. The summed E-state index contributed by atoms with van der Waals surface area (Å²) >= 11 is 0. The summed E-state index contributed by atoms with van der Waals surface area (Å²) < 4.78 is 0. The molecule has 11 heavy (non-hydrogen) atoms. The van der Waals surface area contributed by atoms with Crippen LogP contribution in [0.2, 0.25) is 0 Å². The number of aromatic nitrogens is 1. The van der Waals surface area contributed by atoms with E-state index in [4.69, 9.17) is 5.73 Å². The first-order valence-electron chi connectivity index (χ1n) is 4.00. The molecule has 2 heteroatoms. The van der Waals surface area contributed by atoms with Gasteiger partial charge in [-0.1, -0.05) is 0 Å². The first kappa shape index (κ1) is 8.34. The van der Waals surface area contributed by atoms with E-state index in [0.717, 1.165) is 6.42 Å². The number of H-pyrrole nitrogens is 1. The van der Waals surface area contributed by atoms with Gasteiger partial charge in [0, 0.05) is 17.9 Å². The third kappa shape index (κ3) is 1.84. The summed E-state index contributed by atoms with van der Waals surface area (Å²) in [5.41, 5.74) is 9.65. The molecule has 0 saturated heterocycles. The molecule has 0 aliphatic carbocycles. The Kier molecular flexibility index (Phi) is 2.35. The highest BCUT2D eigenvalue weighted by molar-refractivity contribution is 5.29. The summed E-state index contributed by atoms with van der Waals surface area (Å²) in [6, 6.07) is 0.253. The molecule has 62 valence electrons. The normalized spacial score (nSPS) is 13.5. The molecule has 0 aromatic carbocycles. The van der Waals surface area contributed by atoms with E-state index in [0.29, 0.717) is 0 Å². The van der Waals surface area contributed by atoms with Gasteiger partial charge < -0.3 is 10.7 Å². The van der Waals surface area contributed by atoms with Crippen LogP contribution in [0.1, 0.15) is 23.7 Å². The molecule has 0 spiro atoms. The Morgan fingerprint density at radius 1 is 1.55 bits per heavy atom. The quantitative estimate of drug-likeness (QED) is 0.663. The molecule has 0 bridgehead atoms. The molecular formula is C9H16N2. The largest absolute Gasteiger partial charge is 0.365 e. The molecule has 0 fully saturated rings. The monoisotopic (exact) mass is 152 g/mol. The van der Waals surface area contributed by atoms with Gasteiger partial charge in [0.25, 0.3) is 0 Å². The second kappa shape index (κ2) is 3.09. The van der Waals surface area contributed by atoms with Gasteiger partial charge in [-0.2, -0.15) is 0 Å². The van der Waals surface area contributed by atoms with Gasteiger partial charge in [0.15, 0.2) is 0 Å². The van der Waals surface area contributed by atoms with Crippen molar-refractivity contribution in [3.05, 3.63) is 23.0 Å². The summed E-state index contributed by atoms with van der Waals surface area (Å²) in [6.07, 6.45) is 3.01. The van der Waals surface area contributed by atoms with E-state index < -0.39 is 0 Å². The van der Waals surface area contributed by atoms with Gasteiger partial charge in [-0.3, -0.25) is 0 Å². The first-order valence-corrected chi connectivity index (χ1v) is 4.00. The van der Waals surface area contributed by atoms with Crippen molar-refractivity contribution in [3.8, 4) is 0 Å². The smallest absolute Gasteiger partial charge is 0.0151 e. The average molecular weight is 152 g/mol. The molecule has 1 rings (SSSR count). The van der Waals surface area contributed by atoms with Crippen molar-refractivity contribution in [3.63, 3.8) is 0 Å². The highest BCUT2D eigenvalue weighted by Gasteiger charge is 2.05. The maximum atomic E-state index is 5.71. The molecule has 0 unspecified atom stereocenters. The van der Waals surface area contributed by atoms with E-state index in [1.165, 1.54) is 16.8 Å². The lowest BCUT2D eigenvalue weighted by atomic mass is 10.1. The fraction of sp³-hybridized carbons (Fsp3) is 0.556. The maximum Gasteiger partial charge on any atom is 0.0151 e. The van der Waals surface area contributed by atoms with Crippen molar-refractivity contribution in [2.24, 2.45) is 5.73 Å². The van der Waals surface area contributed by atoms with E-state index in [1.807, 2.05) is 13.1 Å². The van der Waals surface area contributed by atoms with E-state index in [2.05, 4.69) is 18.8 Å². The minimum Gasteiger partial charge on any atom is -0.365 e. The number of aromatic amines is 1. The minimum atomic E-state index is 0.253. The summed E-state index contributed by atoms with van der Waals surface area (Å²) in [5.74, 6) is 0. The maximum absolute atomic E-state index is 5.71. The second-order valence-electron chi connectivity index (χ2n) is 3.26. The van der Waals surface area contributed by atoms with E-state index in [9.17, 15) is 0 Å². The third-order valence-corrected chi connectivity index (χ3v) is 1.96. The highest BCUT2D eigenvalue weighted by atomic mass is 14.7. The van der Waals surface area contributed by atoms with Crippen molar-refractivity contribution in [2.45, 2.75) is 33.2 Å². The Bertz CT molecular complexity index is 216. The van der Waals surface area contributed by atoms with Crippen molar-refractivity contribution < 1.29 is 0 Å². The Morgan fingerprint density at radius 3 is 2.55 bits per heavy atom. The molecule has 0 radical (unpaired) electrons. The van der Waals surface area contributed by atoms with E-state index in [1.54, 1.807) is 0 Å². The van der Waals surface area contributed by atoms with Crippen molar-refractivity contribution in [1.82, 2.24) is 4.98 Å². The standard InChI is InChI=1S/C9H16N2/c1-6-5-11-8(3)9(6)4-7(2)10/h5,7,11H,4,10H2,1-3H3/t7-/m0/s1. The summed E-state index contributed by atoms with van der Waals surface area (Å²) in [6.45, 7) is 6.23. The molecule has 1 atom stereocenters. The predicted molar refractivity (Wildman–Crippen MR) is 47.6 cm³/mol. The molecule has 3 N–H and O–H groups in total. The third-order valence-electron chi connectivity index (χ3n) is 1.96. The molecule has 1 heterocycles. The van der Waals surface area contributed by atoms with Crippen molar-refractivity contribution in [1.29, 1.82) is 0 Å². The average Bonchev–Trinajstić information content (AvgIpc) is 2.18. The van der Waals surface area contributed by atoms with Crippen LogP contribution in [0.3, 0.4) is 0 Å². The molecule has 0 aliphatic heterocycles. The number of hydrogen-bond donors (Lipinski definition) is 2. The lowest BCUT2D eigenvalue weighted by Crippen LogP contribution is -2.18. The van der Waals surface area contributed by atoms with Gasteiger partial charge in [-0.15, -0.1) is 0 Å². The predicted octanol–water partition coefficient (Wildman–Crippen LogP) is 1.52. The Labute approximate surface area is 67.8 Å². The van der Waals surface area contributed by atoms with Crippen LogP contribution in [-0.4, -0.2) is 11.0 Å². The fourth-order valence-corrected chi connectivity index (χ4v) is 1.32. The van der Waals surface area contributed by atoms with E-state index >= 15 is 0 Å². The SMILES string of the molecule is Cc1c[nH]c(C)c1C[C@H](C)N. The highest BCUT2D eigenvalue weighted by Crippen LogP contribution is 2.13. The number of hydrogen-bond acceptors (Lipinski definition) is 1. The Hall–Kier alpha value is -0.760. The summed E-state index contributed by atoms with van der Waals surface area (Å²) in [4.78, 5) is 3.19. The molecule has 0 aliphatic rings. The van der Waals surface area contributed by atoms with Crippen LogP contribution in [0.15, 0.2) is 6.20 Å². The molecule has 1 aromatic heterocycles. The van der Waals surface area contributed by atoms with Gasteiger partial charge in [-0.25, -0.2) is 0 Å². The zero-order chi connectivity index (χ0) is 8.43. The fourth-order valence-electron chi connectivity index (χ4n) is 1.32. The summed E-state index contributed by atoms with van der Waals surface area (Å²) in [7, 11) is 0. The van der Waals surface area contributed by atoms with Crippen LogP contribution in [0.4, 0.5) is 0 Å². The molecule has 0 saturated carbocycles. The first-order chi connectivity index (χ1) is 5.11.